The van der Waals surface area contributed by atoms with Gasteiger partial charge in [-0.1, -0.05) is 46.8 Å². The molecule has 5 nitrogen and oxygen atoms in total. The second kappa shape index (κ2) is 9.10. The fourth-order valence-corrected chi connectivity index (χ4v) is 11.5. The Bertz CT molecular complexity index is 951. The molecule has 209 valence electrons. The molecule has 0 aromatic carbocycles. The Morgan fingerprint density at radius 2 is 1.41 bits per heavy atom. The van der Waals surface area contributed by atoms with Gasteiger partial charge in [-0.3, -0.25) is 9.59 Å². The Kier molecular flexibility index (Phi) is 7.04. The van der Waals surface area contributed by atoms with Gasteiger partial charge >= 0.3 is 11.9 Å². The van der Waals surface area contributed by atoms with Crippen molar-refractivity contribution in [2.24, 2.45) is 56.7 Å². The van der Waals surface area contributed by atoms with E-state index < -0.39 is 17.4 Å². The molecule has 0 aromatic rings. The highest BCUT2D eigenvalue weighted by Gasteiger charge is 2.71. The molecule has 0 heterocycles. The van der Waals surface area contributed by atoms with Crippen LogP contribution in [0.4, 0.5) is 0 Å². The lowest BCUT2D eigenvalue weighted by atomic mass is 9.32. The van der Waals surface area contributed by atoms with Crippen molar-refractivity contribution in [3.8, 4) is 0 Å². The number of hydrogen-bond donors (Lipinski definition) is 3. The van der Waals surface area contributed by atoms with Gasteiger partial charge in [0.2, 0.25) is 0 Å². The van der Waals surface area contributed by atoms with Crippen LogP contribution >= 0.6 is 0 Å². The van der Waals surface area contributed by atoms with E-state index in [2.05, 4.69) is 55.0 Å². The van der Waals surface area contributed by atoms with E-state index in [0.29, 0.717) is 23.7 Å². The second-order valence-corrected chi connectivity index (χ2v) is 14.9. The van der Waals surface area contributed by atoms with Crippen LogP contribution in [-0.2, 0) is 9.59 Å². The predicted molar refractivity (Wildman–Crippen MR) is 146 cm³/mol. The van der Waals surface area contributed by atoms with Crippen molar-refractivity contribution in [2.75, 3.05) is 0 Å². The molecule has 0 unspecified atom stereocenters. The zero-order valence-corrected chi connectivity index (χ0v) is 24.1. The van der Waals surface area contributed by atoms with Crippen molar-refractivity contribution < 1.29 is 24.9 Å². The Morgan fingerprint density at radius 1 is 0.784 bits per heavy atom. The molecule has 1 radical (unpaired) electrons. The minimum atomic E-state index is -1.08. The van der Waals surface area contributed by atoms with E-state index >= 15 is 0 Å². The Labute approximate surface area is 224 Å². The number of carboxylic acids is 2. The number of hydrogen-bond acceptors (Lipinski definition) is 3. The third-order valence-electron chi connectivity index (χ3n) is 13.5. The van der Waals surface area contributed by atoms with Gasteiger partial charge in [0.05, 0.1) is 18.4 Å². The molecule has 37 heavy (non-hydrogen) atoms. The number of carbonyl (C=O) groups is 2. The van der Waals surface area contributed by atoms with Gasteiger partial charge in [0.25, 0.3) is 0 Å². The van der Waals surface area contributed by atoms with Gasteiger partial charge in [0.1, 0.15) is 0 Å². The molecule has 0 bridgehead atoms. The number of aliphatic hydroxyl groups excluding tert-OH is 1. The van der Waals surface area contributed by atoms with E-state index in [-0.39, 0.29) is 33.7 Å². The van der Waals surface area contributed by atoms with E-state index in [4.69, 9.17) is 9.90 Å². The van der Waals surface area contributed by atoms with Crippen molar-refractivity contribution in [3.63, 3.8) is 0 Å². The number of aliphatic carboxylic acids is 2. The number of fused-ring (bicyclic) bond motifs is 7. The molecule has 10 atom stereocenters. The molecule has 0 aromatic heterocycles. The smallest absolute Gasteiger partial charge is 0.309 e. The summed E-state index contributed by atoms with van der Waals surface area (Å²) in [5, 5.41) is 28.7. The van der Waals surface area contributed by atoms with Crippen LogP contribution in [0, 0.1) is 63.6 Å². The summed E-state index contributed by atoms with van der Waals surface area (Å²) < 4.78 is 0. The normalized spacial score (nSPS) is 49.7. The highest BCUT2D eigenvalue weighted by molar-refractivity contribution is 5.76. The quantitative estimate of drug-likeness (QED) is 0.344. The maximum absolute atomic E-state index is 12.8. The van der Waals surface area contributed by atoms with E-state index in [1.54, 1.807) is 0 Å². The van der Waals surface area contributed by atoms with Gasteiger partial charge in [0, 0.05) is 0 Å². The maximum atomic E-state index is 12.8. The van der Waals surface area contributed by atoms with Crippen LogP contribution in [0.1, 0.15) is 106 Å². The Hall–Kier alpha value is -1.36. The maximum Gasteiger partial charge on any atom is 0.309 e. The van der Waals surface area contributed by atoms with Crippen LogP contribution in [-0.4, -0.2) is 33.4 Å². The zero-order valence-electron chi connectivity index (χ0n) is 24.1. The molecule has 5 aliphatic carbocycles. The molecule has 5 heteroatoms. The predicted octanol–water partition coefficient (Wildman–Crippen LogP) is 6.99. The van der Waals surface area contributed by atoms with Crippen molar-refractivity contribution >= 4 is 11.9 Å². The first-order chi connectivity index (χ1) is 17.0. The van der Waals surface area contributed by atoms with Crippen LogP contribution in [0.2, 0.25) is 0 Å². The van der Waals surface area contributed by atoms with E-state index in [1.165, 1.54) is 31.3 Å². The SMILES string of the molecule is C=C(C)[C@@H]1CC[C@]2(C(=O)O)CC[C@]3(C)[C@H](CC[C@@H]4[C@@]5(C)CC[C@H](O)C(C)(C)[C@@H]5CC[C@]43C)[C@@H]12.[CH2]C(=O)O. The minimum absolute atomic E-state index is 0.0202. The van der Waals surface area contributed by atoms with Gasteiger partial charge in [-0.25, -0.2) is 0 Å². The van der Waals surface area contributed by atoms with Gasteiger partial charge in [-0.2, -0.15) is 0 Å². The lowest BCUT2D eigenvalue weighted by Crippen LogP contribution is -2.67. The third-order valence-corrected chi connectivity index (χ3v) is 13.5. The van der Waals surface area contributed by atoms with Gasteiger partial charge in [-0.05, 0) is 122 Å². The van der Waals surface area contributed by atoms with Crippen molar-refractivity contribution in [2.45, 2.75) is 112 Å². The summed E-state index contributed by atoms with van der Waals surface area (Å²) in [6.07, 6.45) is 10.5. The number of carboxylic acid groups (broad SMARTS) is 2. The second-order valence-electron chi connectivity index (χ2n) is 14.9. The van der Waals surface area contributed by atoms with Crippen LogP contribution in [0.3, 0.4) is 0 Å². The molecule has 5 aliphatic rings. The van der Waals surface area contributed by atoms with Crippen LogP contribution in [0.15, 0.2) is 12.2 Å². The molecule has 0 saturated heterocycles. The fourth-order valence-electron chi connectivity index (χ4n) is 11.5. The van der Waals surface area contributed by atoms with Crippen molar-refractivity contribution in [3.05, 3.63) is 19.1 Å². The summed E-state index contributed by atoms with van der Waals surface area (Å²) in [6, 6.07) is 0. The van der Waals surface area contributed by atoms with E-state index in [1.807, 2.05) is 0 Å². The first kappa shape index (κ1) is 28.6. The van der Waals surface area contributed by atoms with Crippen molar-refractivity contribution in [1.29, 1.82) is 0 Å². The standard InChI is InChI=1S/C30H48O3.C2H3O2/c1-18(2)19-10-15-30(25(32)33)17-16-28(6)20(24(19)30)8-9-22-27(5)13-12-23(31)26(3,4)21(27)11-14-29(22,28)7;1-2(3)4/h19-24,31H,1,8-17H2,2-7H3,(H,32,33);1H2,(H,3,4)/t19-,20+,21-,22+,23-,24+,27-,28+,29+,30-;/m0./s1. The highest BCUT2D eigenvalue weighted by atomic mass is 16.4. The largest absolute Gasteiger partial charge is 0.481 e. The summed E-state index contributed by atoms with van der Waals surface area (Å²) in [4.78, 5) is 21.6. The average molecular weight is 516 g/mol. The molecule has 5 saturated carbocycles. The zero-order chi connectivity index (χ0) is 27.8. The minimum Gasteiger partial charge on any atom is -0.481 e. The molecule has 3 N–H and O–H groups in total. The van der Waals surface area contributed by atoms with Gasteiger partial charge in [-0.15, -0.1) is 0 Å². The molecular weight excluding hydrogens is 464 g/mol. The summed E-state index contributed by atoms with van der Waals surface area (Å²) in [5.74, 6) is 0.710. The molecular formula is C32H51O5. The number of allylic oxidation sites excluding steroid dienone is 1. The van der Waals surface area contributed by atoms with Gasteiger partial charge < -0.3 is 15.3 Å². The molecule has 5 fully saturated rings. The summed E-state index contributed by atoms with van der Waals surface area (Å²) in [5.41, 5.74) is 1.35. The lowest BCUT2D eigenvalue weighted by molar-refractivity contribution is -0.248. The van der Waals surface area contributed by atoms with E-state index in [9.17, 15) is 15.0 Å². The third kappa shape index (κ3) is 3.87. The Morgan fingerprint density at radius 3 is 1.97 bits per heavy atom. The van der Waals surface area contributed by atoms with Crippen LogP contribution < -0.4 is 0 Å². The van der Waals surface area contributed by atoms with Crippen molar-refractivity contribution in [1.82, 2.24) is 0 Å². The van der Waals surface area contributed by atoms with Crippen LogP contribution in [0.5, 0.6) is 0 Å². The molecule has 0 spiro atoms. The molecule has 0 aliphatic heterocycles. The fraction of sp³-hybridized carbons (Fsp3) is 0.844. The van der Waals surface area contributed by atoms with Gasteiger partial charge in [0.15, 0.2) is 0 Å². The highest BCUT2D eigenvalue weighted by Crippen LogP contribution is 2.77. The number of aliphatic hydroxyl groups is 1. The lowest BCUT2D eigenvalue weighted by Gasteiger charge is -2.72. The summed E-state index contributed by atoms with van der Waals surface area (Å²) >= 11 is 0. The topological polar surface area (TPSA) is 94.8 Å². The molecule has 5 rings (SSSR count). The van der Waals surface area contributed by atoms with Crippen LogP contribution in [0.25, 0.3) is 0 Å². The summed E-state index contributed by atoms with van der Waals surface area (Å²) in [6.45, 7) is 21.4. The summed E-state index contributed by atoms with van der Waals surface area (Å²) in [7, 11) is 0. The Balaban J connectivity index is 0.000000747. The molecule has 0 amide bonds. The monoisotopic (exact) mass is 515 g/mol. The van der Waals surface area contributed by atoms with E-state index in [0.717, 1.165) is 38.5 Å². The number of rotatable bonds is 2. The first-order valence-corrected chi connectivity index (χ1v) is 14.6. The average Bonchev–Trinajstić information content (AvgIpc) is 3.18. The first-order valence-electron chi connectivity index (χ1n) is 14.6.